The third-order valence-corrected chi connectivity index (χ3v) is 5.39. The molecule has 1 spiro atoms. The maximum absolute atomic E-state index is 12.5. The number of carbonyl (C=O) groups excluding carboxylic acids is 3. The van der Waals surface area contributed by atoms with Gasteiger partial charge in [-0.15, -0.1) is 0 Å². The normalized spacial score (nSPS) is 21.7. The second-order valence-electron chi connectivity index (χ2n) is 6.65. The van der Waals surface area contributed by atoms with E-state index in [1.54, 1.807) is 30.3 Å². The first-order valence-corrected chi connectivity index (χ1v) is 8.39. The number of pyridine rings is 1. The molecule has 1 atom stereocenters. The predicted molar refractivity (Wildman–Crippen MR) is 91.8 cm³/mol. The molecule has 1 N–H and O–H groups in total. The van der Waals surface area contributed by atoms with E-state index >= 15 is 0 Å². The minimum absolute atomic E-state index is 0.131. The summed E-state index contributed by atoms with van der Waals surface area (Å²) in [6.07, 6.45) is 2.68. The smallest absolute Gasteiger partial charge is 0.312 e. The van der Waals surface area contributed by atoms with Gasteiger partial charge in [-0.3, -0.25) is 19.4 Å². The van der Waals surface area contributed by atoms with Crippen LogP contribution in [0.15, 0.2) is 24.4 Å². The molecule has 3 heterocycles. The van der Waals surface area contributed by atoms with Gasteiger partial charge in [0, 0.05) is 33.4 Å². The van der Waals surface area contributed by atoms with Gasteiger partial charge in [-0.2, -0.15) is 0 Å². The van der Waals surface area contributed by atoms with Crippen LogP contribution in [0.2, 0.25) is 0 Å². The number of rotatable bonds is 3. The lowest BCUT2D eigenvalue weighted by atomic mass is 9.85. The van der Waals surface area contributed by atoms with E-state index in [9.17, 15) is 14.4 Å². The lowest BCUT2D eigenvalue weighted by Gasteiger charge is -2.42. The molecule has 3 rings (SSSR count). The Kier molecular flexibility index (Phi) is 4.47. The van der Waals surface area contributed by atoms with Crippen molar-refractivity contribution < 1.29 is 14.4 Å². The number of likely N-dealkylation sites (N-methyl/N-ethyl adjacent to an activating group) is 2. The van der Waals surface area contributed by atoms with Crippen LogP contribution in [-0.4, -0.2) is 76.3 Å². The molecule has 0 radical (unpaired) electrons. The molecule has 134 valence electrons. The standard InChI is InChI=1S/C17H23N5O3/c1-12(14(23)19-13-6-4-5-9-18-13)22-10-7-17(8-11-22)15(24)20(2)16(25)21(17)3/h4-6,9,12H,7-8,10-11H2,1-3H3,(H,18,19,23)/t12-/m1/s1. The molecule has 4 amide bonds. The Morgan fingerprint density at radius 3 is 2.44 bits per heavy atom. The maximum Gasteiger partial charge on any atom is 0.327 e. The lowest BCUT2D eigenvalue weighted by molar-refractivity contribution is -0.135. The number of likely N-dealkylation sites (tertiary alicyclic amines) is 1. The molecule has 2 aliphatic heterocycles. The quantitative estimate of drug-likeness (QED) is 0.818. The molecule has 2 saturated heterocycles. The Balaban J connectivity index is 1.63. The number of carbonyl (C=O) groups is 3. The fourth-order valence-electron chi connectivity index (χ4n) is 3.61. The number of anilines is 1. The highest BCUT2D eigenvalue weighted by Crippen LogP contribution is 2.35. The lowest BCUT2D eigenvalue weighted by Crippen LogP contribution is -2.57. The third-order valence-electron chi connectivity index (χ3n) is 5.39. The van der Waals surface area contributed by atoms with Gasteiger partial charge in [-0.05, 0) is 31.9 Å². The minimum atomic E-state index is -0.764. The van der Waals surface area contributed by atoms with Crippen molar-refractivity contribution in [3.8, 4) is 0 Å². The summed E-state index contributed by atoms with van der Waals surface area (Å²) in [6.45, 7) is 3.00. The predicted octanol–water partition coefficient (Wildman–Crippen LogP) is 0.767. The molecule has 1 aromatic heterocycles. The van der Waals surface area contributed by atoms with Crippen molar-refractivity contribution in [3.63, 3.8) is 0 Å². The molecule has 0 aliphatic carbocycles. The summed E-state index contributed by atoms with van der Waals surface area (Å²) in [5.41, 5.74) is -0.764. The highest BCUT2D eigenvalue weighted by Gasteiger charge is 2.55. The van der Waals surface area contributed by atoms with Gasteiger partial charge in [-0.25, -0.2) is 9.78 Å². The van der Waals surface area contributed by atoms with E-state index in [1.165, 1.54) is 11.9 Å². The van der Waals surface area contributed by atoms with Crippen molar-refractivity contribution in [2.45, 2.75) is 31.3 Å². The number of urea groups is 1. The van der Waals surface area contributed by atoms with E-state index in [-0.39, 0.29) is 23.9 Å². The van der Waals surface area contributed by atoms with Crippen molar-refractivity contribution in [2.75, 3.05) is 32.5 Å². The molecule has 8 heteroatoms. The summed E-state index contributed by atoms with van der Waals surface area (Å²) in [5, 5.41) is 2.80. The first kappa shape index (κ1) is 17.3. The van der Waals surface area contributed by atoms with Crippen LogP contribution in [0, 0.1) is 0 Å². The van der Waals surface area contributed by atoms with E-state index < -0.39 is 5.54 Å². The van der Waals surface area contributed by atoms with Gasteiger partial charge >= 0.3 is 6.03 Å². The van der Waals surface area contributed by atoms with Gasteiger partial charge in [0.25, 0.3) is 5.91 Å². The van der Waals surface area contributed by atoms with Crippen LogP contribution >= 0.6 is 0 Å². The monoisotopic (exact) mass is 345 g/mol. The summed E-state index contributed by atoms with van der Waals surface area (Å²) in [5.74, 6) is 0.241. The van der Waals surface area contributed by atoms with Gasteiger partial charge in [0.15, 0.2) is 0 Å². The topological polar surface area (TPSA) is 85.9 Å². The molecular formula is C17H23N5O3. The maximum atomic E-state index is 12.5. The summed E-state index contributed by atoms with van der Waals surface area (Å²) in [4.78, 5) is 45.9. The van der Waals surface area contributed by atoms with Crippen LogP contribution < -0.4 is 5.32 Å². The number of hydrogen-bond donors (Lipinski definition) is 1. The average Bonchev–Trinajstić information content (AvgIpc) is 2.79. The fraction of sp³-hybridized carbons (Fsp3) is 0.529. The molecule has 2 aliphatic rings. The van der Waals surface area contributed by atoms with E-state index in [2.05, 4.69) is 10.3 Å². The zero-order chi connectivity index (χ0) is 18.2. The number of nitrogens with one attached hydrogen (secondary N) is 1. The van der Waals surface area contributed by atoms with E-state index in [1.807, 2.05) is 17.9 Å². The van der Waals surface area contributed by atoms with Gasteiger partial charge in [0.05, 0.1) is 6.04 Å². The van der Waals surface area contributed by atoms with Crippen molar-refractivity contribution in [1.29, 1.82) is 0 Å². The fourth-order valence-corrected chi connectivity index (χ4v) is 3.61. The number of aromatic nitrogens is 1. The first-order chi connectivity index (χ1) is 11.9. The summed E-state index contributed by atoms with van der Waals surface area (Å²) in [6, 6.07) is 4.74. The number of imide groups is 1. The zero-order valence-electron chi connectivity index (χ0n) is 14.7. The number of hydrogen-bond acceptors (Lipinski definition) is 5. The Morgan fingerprint density at radius 2 is 1.92 bits per heavy atom. The molecule has 1 aromatic rings. The van der Waals surface area contributed by atoms with E-state index in [4.69, 9.17) is 0 Å². The van der Waals surface area contributed by atoms with Gasteiger partial charge in [-0.1, -0.05) is 6.07 Å². The van der Waals surface area contributed by atoms with E-state index in [0.717, 1.165) is 0 Å². The van der Waals surface area contributed by atoms with Crippen molar-refractivity contribution in [1.82, 2.24) is 19.7 Å². The van der Waals surface area contributed by atoms with Crippen LogP contribution in [0.25, 0.3) is 0 Å². The molecule has 0 aromatic carbocycles. The van der Waals surface area contributed by atoms with Crippen LogP contribution in [0.4, 0.5) is 10.6 Å². The summed E-state index contributed by atoms with van der Waals surface area (Å²) >= 11 is 0. The molecule has 0 unspecified atom stereocenters. The van der Waals surface area contributed by atoms with Gasteiger partial charge in [0.2, 0.25) is 5.91 Å². The van der Waals surface area contributed by atoms with Crippen molar-refractivity contribution in [3.05, 3.63) is 24.4 Å². The third kappa shape index (κ3) is 2.86. The number of nitrogens with zero attached hydrogens (tertiary/aromatic N) is 4. The van der Waals surface area contributed by atoms with Crippen LogP contribution in [0.5, 0.6) is 0 Å². The van der Waals surface area contributed by atoms with Crippen LogP contribution in [0.3, 0.4) is 0 Å². The first-order valence-electron chi connectivity index (χ1n) is 8.39. The van der Waals surface area contributed by atoms with Crippen LogP contribution in [-0.2, 0) is 9.59 Å². The highest BCUT2D eigenvalue weighted by atomic mass is 16.2. The van der Waals surface area contributed by atoms with Crippen LogP contribution in [0.1, 0.15) is 19.8 Å². The minimum Gasteiger partial charge on any atom is -0.312 e. The molecule has 8 nitrogen and oxygen atoms in total. The SMILES string of the molecule is C[C@H](C(=O)Nc1ccccn1)N1CCC2(CC1)C(=O)N(C)C(=O)N2C. The molecule has 0 bridgehead atoms. The Morgan fingerprint density at radius 1 is 1.24 bits per heavy atom. The second kappa shape index (κ2) is 6.44. The molecular weight excluding hydrogens is 322 g/mol. The molecule has 25 heavy (non-hydrogen) atoms. The molecule has 0 saturated carbocycles. The van der Waals surface area contributed by atoms with Crippen molar-refractivity contribution in [2.24, 2.45) is 0 Å². The number of amides is 4. The van der Waals surface area contributed by atoms with Gasteiger partial charge in [0.1, 0.15) is 11.4 Å². The Labute approximate surface area is 146 Å². The van der Waals surface area contributed by atoms with Gasteiger partial charge < -0.3 is 10.2 Å². The summed E-state index contributed by atoms with van der Waals surface area (Å²) in [7, 11) is 3.20. The highest BCUT2D eigenvalue weighted by molar-refractivity contribution is 6.06. The molecule has 2 fully saturated rings. The number of piperidine rings is 1. The second-order valence-corrected chi connectivity index (χ2v) is 6.65. The average molecular weight is 345 g/mol. The zero-order valence-corrected chi connectivity index (χ0v) is 14.7. The largest absolute Gasteiger partial charge is 0.327 e. The van der Waals surface area contributed by atoms with E-state index in [0.29, 0.717) is 31.7 Å². The Bertz CT molecular complexity index is 685. The Hall–Kier alpha value is -2.48. The summed E-state index contributed by atoms with van der Waals surface area (Å²) < 4.78 is 0. The van der Waals surface area contributed by atoms with Crippen molar-refractivity contribution >= 4 is 23.7 Å².